The molecule has 2 aromatic carbocycles. The molecular weight excluding hydrogens is 477 g/mol. The van der Waals surface area contributed by atoms with Gasteiger partial charge < -0.3 is 20.1 Å². The third-order valence-corrected chi connectivity index (χ3v) is 7.23. The van der Waals surface area contributed by atoms with E-state index >= 15 is 0 Å². The fraction of sp³-hybridized carbons (Fsp3) is 0.391. The van der Waals surface area contributed by atoms with E-state index in [1.54, 1.807) is 18.2 Å². The molecule has 9 heteroatoms. The second-order valence-corrected chi connectivity index (χ2v) is 9.44. The zero-order chi connectivity index (χ0) is 21.7. The lowest BCUT2D eigenvalue weighted by atomic mass is 10.1. The predicted molar refractivity (Wildman–Crippen MR) is 123 cm³/mol. The Morgan fingerprint density at radius 1 is 1.22 bits per heavy atom. The van der Waals surface area contributed by atoms with Crippen molar-refractivity contribution in [3.05, 3.63) is 46.9 Å². The topological polar surface area (TPSA) is 71.5 Å². The molecular formula is C23H23BrFN5O2. The largest absolute Gasteiger partial charge is 0.486 e. The third kappa shape index (κ3) is 3.58. The van der Waals surface area contributed by atoms with E-state index in [0.717, 1.165) is 37.5 Å². The first kappa shape index (κ1) is 20.1. The van der Waals surface area contributed by atoms with Gasteiger partial charge in [0.2, 0.25) is 0 Å². The van der Waals surface area contributed by atoms with E-state index in [4.69, 9.17) is 9.47 Å². The van der Waals surface area contributed by atoms with Gasteiger partial charge in [0.25, 0.3) is 0 Å². The summed E-state index contributed by atoms with van der Waals surface area (Å²) in [7, 11) is 0. The second-order valence-electron chi connectivity index (χ2n) is 8.58. The highest BCUT2D eigenvalue weighted by Crippen LogP contribution is 2.38. The molecule has 3 unspecified atom stereocenters. The summed E-state index contributed by atoms with van der Waals surface area (Å²) in [5, 5.41) is 7.33. The minimum absolute atomic E-state index is 0.0390. The highest BCUT2D eigenvalue weighted by molar-refractivity contribution is 9.10. The summed E-state index contributed by atoms with van der Waals surface area (Å²) in [5.41, 5.74) is 1.04. The minimum Gasteiger partial charge on any atom is -0.486 e. The van der Waals surface area contributed by atoms with Crippen molar-refractivity contribution >= 4 is 38.3 Å². The van der Waals surface area contributed by atoms with Crippen molar-refractivity contribution in [3.63, 3.8) is 0 Å². The van der Waals surface area contributed by atoms with Crippen LogP contribution < -0.4 is 20.1 Å². The maximum absolute atomic E-state index is 14.5. The molecule has 0 spiro atoms. The second kappa shape index (κ2) is 8.13. The summed E-state index contributed by atoms with van der Waals surface area (Å²) in [6, 6.07) is 9.44. The maximum atomic E-state index is 14.5. The number of likely N-dealkylation sites (tertiary alicyclic amines) is 1. The predicted octanol–water partition coefficient (Wildman–Crippen LogP) is 3.71. The lowest BCUT2D eigenvalue weighted by Gasteiger charge is -2.32. The van der Waals surface area contributed by atoms with Crippen molar-refractivity contribution in [2.24, 2.45) is 5.92 Å². The molecule has 3 aliphatic heterocycles. The molecule has 0 bridgehead atoms. The molecule has 4 heterocycles. The molecule has 3 aromatic rings. The molecule has 3 atom stereocenters. The number of nitrogens with zero attached hydrogens (tertiary/aromatic N) is 3. The monoisotopic (exact) mass is 499 g/mol. The van der Waals surface area contributed by atoms with Gasteiger partial charge in [0.05, 0.1) is 15.7 Å². The molecule has 0 aliphatic carbocycles. The zero-order valence-electron chi connectivity index (χ0n) is 17.4. The molecule has 2 fully saturated rings. The minimum atomic E-state index is -0.373. The molecule has 0 radical (unpaired) electrons. The number of rotatable bonds is 4. The van der Waals surface area contributed by atoms with E-state index in [1.165, 1.54) is 12.7 Å². The number of nitrogens with one attached hydrogen (secondary N) is 2. The number of ether oxygens (including phenoxy) is 2. The number of hydrogen-bond acceptors (Lipinski definition) is 7. The van der Waals surface area contributed by atoms with Gasteiger partial charge in [-0.3, -0.25) is 4.90 Å². The summed E-state index contributed by atoms with van der Waals surface area (Å²) in [6.45, 7) is 4.64. The number of benzene rings is 2. The van der Waals surface area contributed by atoms with Gasteiger partial charge in [-0.15, -0.1) is 0 Å². The average molecular weight is 500 g/mol. The summed E-state index contributed by atoms with van der Waals surface area (Å²) >= 11 is 3.23. The molecule has 3 aliphatic rings. The molecule has 0 amide bonds. The summed E-state index contributed by atoms with van der Waals surface area (Å²) in [4.78, 5) is 11.2. The van der Waals surface area contributed by atoms with Crippen LogP contribution in [0.4, 0.5) is 15.9 Å². The van der Waals surface area contributed by atoms with Crippen LogP contribution in [0.3, 0.4) is 0 Å². The first-order valence-electron chi connectivity index (χ1n) is 10.9. The number of anilines is 2. The van der Waals surface area contributed by atoms with Crippen molar-refractivity contribution in [1.82, 2.24) is 20.2 Å². The average Bonchev–Trinajstić information content (AvgIpc) is 3.41. The first-order valence-corrected chi connectivity index (χ1v) is 11.7. The molecule has 166 valence electrons. The lowest BCUT2D eigenvalue weighted by Crippen LogP contribution is -2.44. The molecule has 32 heavy (non-hydrogen) atoms. The van der Waals surface area contributed by atoms with Crippen molar-refractivity contribution in [2.75, 3.05) is 38.1 Å². The highest BCUT2D eigenvalue weighted by atomic mass is 79.9. The van der Waals surface area contributed by atoms with Crippen molar-refractivity contribution < 1.29 is 13.9 Å². The Morgan fingerprint density at radius 3 is 3.09 bits per heavy atom. The number of fused-ring (bicyclic) bond motifs is 3. The van der Waals surface area contributed by atoms with Crippen LogP contribution in [0.2, 0.25) is 0 Å². The van der Waals surface area contributed by atoms with Crippen LogP contribution in [0, 0.1) is 11.7 Å². The van der Waals surface area contributed by atoms with Crippen molar-refractivity contribution in [1.29, 1.82) is 0 Å². The van der Waals surface area contributed by atoms with Gasteiger partial charge in [-0.2, -0.15) is 0 Å². The summed E-state index contributed by atoms with van der Waals surface area (Å²) in [5.74, 6) is 2.23. The third-order valence-electron chi connectivity index (χ3n) is 6.62. The fourth-order valence-electron chi connectivity index (χ4n) is 5.01. The standard InChI is InChI=1S/C23H23BrFN5O2/c24-16-2-1-3-17(22(16)25)29-23-15-6-21-20(7-18(15)27-12-28-23)31-11-14(32-21)10-30-5-4-13-8-26-9-19(13)30/h1-3,6-7,12-14,19,26H,4-5,8-11H2,(H,27,28,29). The highest BCUT2D eigenvalue weighted by Gasteiger charge is 2.39. The van der Waals surface area contributed by atoms with Crippen LogP contribution in [0.5, 0.6) is 11.5 Å². The van der Waals surface area contributed by atoms with E-state index in [2.05, 4.69) is 41.4 Å². The molecule has 2 N–H and O–H groups in total. The quantitative estimate of drug-likeness (QED) is 0.566. The Kier molecular flexibility index (Phi) is 5.12. The Balaban J connectivity index is 1.26. The van der Waals surface area contributed by atoms with Crippen LogP contribution in [-0.4, -0.2) is 59.8 Å². The first-order chi connectivity index (χ1) is 15.7. The molecule has 6 rings (SSSR count). The summed E-state index contributed by atoms with van der Waals surface area (Å²) < 4.78 is 27.3. The van der Waals surface area contributed by atoms with Crippen LogP contribution in [0.25, 0.3) is 10.9 Å². The van der Waals surface area contributed by atoms with Gasteiger partial charge in [0.15, 0.2) is 17.3 Å². The number of aromatic nitrogens is 2. The smallest absolute Gasteiger partial charge is 0.163 e. The van der Waals surface area contributed by atoms with Crippen molar-refractivity contribution in [2.45, 2.75) is 18.6 Å². The number of halogens is 2. The Morgan fingerprint density at radius 2 is 2.16 bits per heavy atom. The molecule has 0 saturated carbocycles. The van der Waals surface area contributed by atoms with Gasteiger partial charge in [-0.25, -0.2) is 14.4 Å². The molecule has 2 saturated heterocycles. The summed E-state index contributed by atoms with van der Waals surface area (Å²) in [6.07, 6.45) is 2.66. The van der Waals surface area contributed by atoms with E-state index in [-0.39, 0.29) is 11.9 Å². The Bertz CT molecular complexity index is 1180. The van der Waals surface area contributed by atoms with Gasteiger partial charge in [-0.05, 0) is 59.6 Å². The molecule has 7 nitrogen and oxygen atoms in total. The lowest BCUT2D eigenvalue weighted by molar-refractivity contribution is 0.0555. The van der Waals surface area contributed by atoms with Crippen molar-refractivity contribution in [3.8, 4) is 11.5 Å². The van der Waals surface area contributed by atoms with E-state index in [0.29, 0.717) is 45.6 Å². The number of hydrogen-bond donors (Lipinski definition) is 2. The van der Waals surface area contributed by atoms with E-state index < -0.39 is 0 Å². The zero-order valence-corrected chi connectivity index (χ0v) is 18.9. The Hall–Kier alpha value is -2.49. The fourth-order valence-corrected chi connectivity index (χ4v) is 5.38. The van der Waals surface area contributed by atoms with Gasteiger partial charge in [0, 0.05) is 30.6 Å². The SMILES string of the molecule is Fc1c(Br)cccc1Nc1ncnc2cc3c(cc12)OC(CN1CCC2CNCC21)CO3. The van der Waals surface area contributed by atoms with Crippen LogP contribution in [0.15, 0.2) is 41.1 Å². The molecule has 1 aromatic heterocycles. The normalized spacial score (nSPS) is 24.6. The van der Waals surface area contributed by atoms with Gasteiger partial charge in [0.1, 0.15) is 24.9 Å². The maximum Gasteiger partial charge on any atom is 0.163 e. The van der Waals surface area contributed by atoms with Crippen LogP contribution >= 0.6 is 15.9 Å². The van der Waals surface area contributed by atoms with Gasteiger partial charge in [-0.1, -0.05) is 6.07 Å². The van der Waals surface area contributed by atoms with Crippen LogP contribution in [0.1, 0.15) is 6.42 Å². The Labute approximate surface area is 193 Å². The van der Waals surface area contributed by atoms with E-state index in [1.807, 2.05) is 12.1 Å². The van der Waals surface area contributed by atoms with Crippen LogP contribution in [-0.2, 0) is 0 Å². The van der Waals surface area contributed by atoms with Gasteiger partial charge >= 0.3 is 0 Å². The van der Waals surface area contributed by atoms with E-state index in [9.17, 15) is 4.39 Å².